The van der Waals surface area contributed by atoms with Crippen LogP contribution in [0, 0.1) is 6.92 Å². The van der Waals surface area contributed by atoms with Gasteiger partial charge in [0.1, 0.15) is 11.9 Å². The largest absolute Gasteiger partial charge is 0.352 e. The van der Waals surface area contributed by atoms with Crippen molar-refractivity contribution >= 4 is 25.6 Å². The van der Waals surface area contributed by atoms with Crippen LogP contribution in [0.15, 0.2) is 11.2 Å². The molecular formula is C12H20ClN3O3S. The van der Waals surface area contributed by atoms with Gasteiger partial charge in [0.25, 0.3) is 9.05 Å². The predicted octanol–water partition coefficient (Wildman–Crippen LogP) is 1.98. The molecule has 0 fully saturated rings. The van der Waals surface area contributed by atoms with Gasteiger partial charge in [-0.15, -0.1) is 0 Å². The highest BCUT2D eigenvalue weighted by Gasteiger charge is 2.23. The van der Waals surface area contributed by atoms with Gasteiger partial charge < -0.3 is 9.88 Å². The lowest BCUT2D eigenvalue weighted by atomic mass is 10.1. The fraction of sp³-hybridized carbons (Fsp3) is 0.667. The average molecular weight is 322 g/mol. The molecule has 1 rings (SSSR count). The molecule has 8 heteroatoms. The Balaban J connectivity index is 2.95. The van der Waals surface area contributed by atoms with Gasteiger partial charge in [-0.25, -0.2) is 13.4 Å². The Morgan fingerprint density at radius 2 is 2.00 bits per heavy atom. The summed E-state index contributed by atoms with van der Waals surface area (Å²) in [5.74, 6) is 0.258. The van der Waals surface area contributed by atoms with E-state index in [2.05, 4.69) is 10.3 Å². The molecule has 20 heavy (non-hydrogen) atoms. The van der Waals surface area contributed by atoms with Crippen LogP contribution in [0.3, 0.4) is 0 Å². The number of hydrogen-bond acceptors (Lipinski definition) is 4. The molecule has 1 atom stereocenters. The van der Waals surface area contributed by atoms with E-state index in [0.29, 0.717) is 5.82 Å². The van der Waals surface area contributed by atoms with E-state index in [1.165, 1.54) is 10.8 Å². The van der Waals surface area contributed by atoms with Crippen molar-refractivity contribution in [1.29, 1.82) is 0 Å². The van der Waals surface area contributed by atoms with E-state index in [9.17, 15) is 13.2 Å². The molecule has 114 valence electrons. The minimum absolute atomic E-state index is 0.116. The first-order chi connectivity index (χ1) is 9.20. The number of rotatable bonds is 6. The number of halogens is 1. The van der Waals surface area contributed by atoms with Crippen LogP contribution in [0.25, 0.3) is 0 Å². The van der Waals surface area contributed by atoms with Crippen LogP contribution in [-0.4, -0.2) is 29.9 Å². The third-order valence-electron chi connectivity index (χ3n) is 3.27. The molecule has 0 aromatic carbocycles. The highest BCUT2D eigenvalue weighted by molar-refractivity contribution is 8.13. The van der Waals surface area contributed by atoms with E-state index >= 15 is 0 Å². The predicted molar refractivity (Wildman–Crippen MR) is 77.2 cm³/mol. The highest BCUT2D eigenvalue weighted by atomic mass is 35.7. The first-order valence-electron chi connectivity index (χ1n) is 6.51. The summed E-state index contributed by atoms with van der Waals surface area (Å²) in [5, 5.41) is 2.68. The molecule has 1 amide bonds. The van der Waals surface area contributed by atoms with Crippen LogP contribution in [0.1, 0.15) is 45.5 Å². The fourth-order valence-electron chi connectivity index (χ4n) is 1.91. The van der Waals surface area contributed by atoms with Crippen molar-refractivity contribution in [2.45, 2.75) is 57.6 Å². The van der Waals surface area contributed by atoms with Crippen LogP contribution in [-0.2, 0) is 13.8 Å². The zero-order valence-electron chi connectivity index (χ0n) is 12.1. The van der Waals surface area contributed by atoms with E-state index in [1.54, 1.807) is 13.8 Å². The van der Waals surface area contributed by atoms with Crippen molar-refractivity contribution < 1.29 is 13.2 Å². The van der Waals surface area contributed by atoms with Crippen LogP contribution < -0.4 is 5.32 Å². The zero-order valence-corrected chi connectivity index (χ0v) is 13.6. The molecule has 0 radical (unpaired) electrons. The Morgan fingerprint density at radius 3 is 2.40 bits per heavy atom. The molecule has 1 N–H and O–H groups in total. The maximum atomic E-state index is 12.1. The first-order valence-corrected chi connectivity index (χ1v) is 8.82. The number of hydrogen-bond donors (Lipinski definition) is 1. The van der Waals surface area contributed by atoms with Gasteiger partial charge in [-0.2, -0.15) is 0 Å². The zero-order chi connectivity index (χ0) is 15.5. The molecule has 0 aliphatic carbocycles. The maximum Gasteiger partial charge on any atom is 0.280 e. The van der Waals surface area contributed by atoms with E-state index in [-0.39, 0.29) is 17.0 Å². The second kappa shape index (κ2) is 6.58. The summed E-state index contributed by atoms with van der Waals surface area (Å²) in [6, 6.07) is -0.430. The monoisotopic (exact) mass is 321 g/mol. The normalized spacial score (nSPS) is 13.5. The summed E-state index contributed by atoms with van der Waals surface area (Å²) in [7, 11) is 1.37. The van der Waals surface area contributed by atoms with Crippen molar-refractivity contribution in [2.24, 2.45) is 0 Å². The van der Waals surface area contributed by atoms with Gasteiger partial charge in [0, 0.05) is 22.9 Å². The molecule has 0 saturated heterocycles. The number of carbonyl (C=O) groups is 1. The quantitative estimate of drug-likeness (QED) is 0.812. The van der Waals surface area contributed by atoms with Gasteiger partial charge in [-0.05, 0) is 26.7 Å². The van der Waals surface area contributed by atoms with Gasteiger partial charge in [-0.1, -0.05) is 13.8 Å². The van der Waals surface area contributed by atoms with Crippen LogP contribution in [0.5, 0.6) is 0 Å². The van der Waals surface area contributed by atoms with Gasteiger partial charge >= 0.3 is 0 Å². The number of carbonyl (C=O) groups excluding carboxylic acids is 1. The van der Waals surface area contributed by atoms with Gasteiger partial charge in [0.05, 0.1) is 0 Å². The Kier molecular flexibility index (Phi) is 5.59. The molecule has 1 aromatic heterocycles. The summed E-state index contributed by atoms with van der Waals surface area (Å²) >= 11 is 0. The molecular weight excluding hydrogens is 302 g/mol. The Bertz CT molecular complexity index is 579. The number of aryl methyl sites for hydroxylation is 1. The molecule has 1 heterocycles. The van der Waals surface area contributed by atoms with Crippen LogP contribution in [0.2, 0.25) is 0 Å². The summed E-state index contributed by atoms with van der Waals surface area (Å²) in [6.45, 7) is 7.32. The Morgan fingerprint density at radius 1 is 1.45 bits per heavy atom. The standard InChI is InChI=1S/C12H20ClN3O3S/c1-5-10(6-2)15-12(17)8(3)16-7-11(14-9(16)4)20(13,18)19/h7-8,10H,5-6H2,1-4H3,(H,15,17). The van der Waals surface area contributed by atoms with Gasteiger partial charge in [0.15, 0.2) is 5.03 Å². The maximum absolute atomic E-state index is 12.1. The third-order valence-corrected chi connectivity index (χ3v) is 4.44. The average Bonchev–Trinajstić information content (AvgIpc) is 2.76. The fourth-order valence-corrected chi connectivity index (χ4v) is 2.61. The van der Waals surface area contributed by atoms with Gasteiger partial charge in [0.2, 0.25) is 5.91 Å². The Labute approximate surface area is 123 Å². The van der Waals surface area contributed by atoms with E-state index in [4.69, 9.17) is 10.7 Å². The minimum Gasteiger partial charge on any atom is -0.352 e. The highest BCUT2D eigenvalue weighted by Crippen LogP contribution is 2.18. The lowest BCUT2D eigenvalue weighted by Gasteiger charge is -2.19. The van der Waals surface area contributed by atoms with Gasteiger partial charge in [-0.3, -0.25) is 4.79 Å². The molecule has 0 saturated carbocycles. The lowest BCUT2D eigenvalue weighted by Crippen LogP contribution is -2.38. The van der Waals surface area contributed by atoms with E-state index in [1.807, 2.05) is 13.8 Å². The van der Waals surface area contributed by atoms with Crippen LogP contribution >= 0.6 is 10.7 Å². The van der Waals surface area contributed by atoms with Crippen molar-refractivity contribution in [3.63, 3.8) is 0 Å². The Hall–Kier alpha value is -1.08. The summed E-state index contributed by atoms with van der Waals surface area (Å²) in [4.78, 5) is 16.0. The lowest BCUT2D eigenvalue weighted by molar-refractivity contribution is -0.124. The summed E-state index contributed by atoms with van der Waals surface area (Å²) < 4.78 is 24.0. The van der Waals surface area contributed by atoms with Crippen molar-refractivity contribution in [3.8, 4) is 0 Å². The number of nitrogens with zero attached hydrogens (tertiary/aromatic N) is 2. The second-order valence-corrected chi connectivity index (χ2v) is 7.18. The molecule has 6 nitrogen and oxygen atoms in total. The molecule has 0 aliphatic rings. The molecule has 0 bridgehead atoms. The summed E-state index contributed by atoms with van der Waals surface area (Å²) in [6.07, 6.45) is 2.98. The van der Waals surface area contributed by atoms with E-state index < -0.39 is 15.1 Å². The minimum atomic E-state index is -3.89. The SMILES string of the molecule is CCC(CC)NC(=O)C(C)n1cc(S(=O)(=O)Cl)nc1C. The number of nitrogens with one attached hydrogen (secondary N) is 1. The molecule has 0 aliphatic heterocycles. The van der Waals surface area contributed by atoms with Crippen molar-refractivity contribution in [1.82, 2.24) is 14.9 Å². The van der Waals surface area contributed by atoms with E-state index in [0.717, 1.165) is 12.8 Å². The molecule has 0 spiro atoms. The first kappa shape index (κ1) is 17.0. The van der Waals surface area contributed by atoms with Crippen molar-refractivity contribution in [2.75, 3.05) is 0 Å². The van der Waals surface area contributed by atoms with Crippen LogP contribution in [0.4, 0.5) is 0 Å². The second-order valence-electron chi connectivity index (χ2n) is 4.67. The summed E-state index contributed by atoms with van der Waals surface area (Å²) in [5.41, 5.74) is 0. The molecule has 1 aromatic rings. The number of amides is 1. The smallest absolute Gasteiger partial charge is 0.280 e. The third kappa shape index (κ3) is 3.96. The topological polar surface area (TPSA) is 81.1 Å². The number of imidazole rings is 1. The number of aromatic nitrogens is 2. The molecule has 1 unspecified atom stereocenters. The van der Waals surface area contributed by atoms with Crippen molar-refractivity contribution in [3.05, 3.63) is 12.0 Å².